The Hall–Kier alpha value is -1.51. The van der Waals surface area contributed by atoms with Crippen LogP contribution in [0.25, 0.3) is 0 Å². The van der Waals surface area contributed by atoms with Gasteiger partial charge in [0, 0.05) is 19.0 Å². The highest BCUT2D eigenvalue weighted by atomic mass is 16.5. The summed E-state index contributed by atoms with van der Waals surface area (Å²) in [5.74, 6) is -0.255. The van der Waals surface area contributed by atoms with Crippen molar-refractivity contribution in [2.24, 2.45) is 0 Å². The van der Waals surface area contributed by atoms with Crippen LogP contribution < -0.4 is 5.73 Å². The Kier molecular flexibility index (Phi) is 3.31. The van der Waals surface area contributed by atoms with Crippen LogP contribution in [0.15, 0.2) is 24.3 Å². The number of anilines is 1. The molecular weight excluding hydrogens is 166 g/mol. The number of carbonyl (C=O) groups excluding carboxylic acids is 1. The first-order valence-electron chi connectivity index (χ1n) is 4.17. The number of para-hydroxylation sites is 1. The van der Waals surface area contributed by atoms with E-state index in [0.29, 0.717) is 13.0 Å². The van der Waals surface area contributed by atoms with E-state index in [1.807, 2.05) is 24.3 Å². The molecule has 0 bridgehead atoms. The Balaban J connectivity index is 2.45. The number of nitrogens with two attached hydrogens (primary N) is 1. The van der Waals surface area contributed by atoms with E-state index < -0.39 is 0 Å². The van der Waals surface area contributed by atoms with Crippen LogP contribution in [-0.4, -0.2) is 12.6 Å². The van der Waals surface area contributed by atoms with E-state index in [9.17, 15) is 4.79 Å². The van der Waals surface area contributed by atoms with E-state index in [4.69, 9.17) is 10.5 Å². The van der Waals surface area contributed by atoms with Crippen molar-refractivity contribution in [2.75, 3.05) is 12.3 Å². The Bertz CT molecular complexity index is 297. The summed E-state index contributed by atoms with van der Waals surface area (Å²) in [6.45, 7) is 1.79. The van der Waals surface area contributed by atoms with Gasteiger partial charge in [0.2, 0.25) is 0 Å². The largest absolute Gasteiger partial charge is 0.466 e. The average molecular weight is 179 g/mol. The zero-order valence-electron chi connectivity index (χ0n) is 7.62. The normalized spacial score (nSPS) is 9.62. The lowest BCUT2D eigenvalue weighted by Gasteiger charge is -2.04. The van der Waals surface area contributed by atoms with Crippen LogP contribution in [0, 0.1) is 0 Å². The summed E-state index contributed by atoms with van der Waals surface area (Å²) in [4.78, 5) is 10.5. The van der Waals surface area contributed by atoms with Gasteiger partial charge in [-0.2, -0.15) is 0 Å². The minimum absolute atomic E-state index is 0.255. The molecule has 3 nitrogen and oxygen atoms in total. The summed E-state index contributed by atoms with van der Waals surface area (Å²) in [5, 5.41) is 0. The zero-order chi connectivity index (χ0) is 9.68. The molecule has 0 radical (unpaired) electrons. The maximum absolute atomic E-state index is 10.5. The summed E-state index contributed by atoms with van der Waals surface area (Å²) in [6, 6.07) is 7.56. The van der Waals surface area contributed by atoms with Gasteiger partial charge in [-0.05, 0) is 11.6 Å². The first kappa shape index (κ1) is 9.58. The Morgan fingerprint density at radius 2 is 2.15 bits per heavy atom. The molecule has 0 spiro atoms. The van der Waals surface area contributed by atoms with Gasteiger partial charge in [-0.15, -0.1) is 0 Å². The van der Waals surface area contributed by atoms with Crippen molar-refractivity contribution < 1.29 is 9.53 Å². The number of rotatable bonds is 3. The summed E-state index contributed by atoms with van der Waals surface area (Å²) in [5.41, 5.74) is 7.46. The van der Waals surface area contributed by atoms with E-state index in [1.165, 1.54) is 6.92 Å². The number of esters is 1. The number of hydrogen-bond acceptors (Lipinski definition) is 3. The molecule has 13 heavy (non-hydrogen) atoms. The summed E-state index contributed by atoms with van der Waals surface area (Å²) in [6.07, 6.45) is 0.673. The number of ether oxygens (including phenoxy) is 1. The number of benzene rings is 1. The molecule has 0 unspecified atom stereocenters. The standard InChI is InChI=1S/C10H13NO2/c1-8(12)13-7-6-9-4-2-3-5-10(9)11/h2-5H,6-7,11H2,1H3. The fraction of sp³-hybridized carbons (Fsp3) is 0.300. The van der Waals surface area contributed by atoms with E-state index in [1.54, 1.807) is 0 Å². The van der Waals surface area contributed by atoms with Crippen molar-refractivity contribution in [3.63, 3.8) is 0 Å². The summed E-state index contributed by atoms with van der Waals surface area (Å²) >= 11 is 0. The van der Waals surface area contributed by atoms with Crippen LogP contribution in [0.5, 0.6) is 0 Å². The SMILES string of the molecule is CC(=O)OCCc1ccccc1N. The second kappa shape index (κ2) is 4.50. The van der Waals surface area contributed by atoms with Crippen LogP contribution in [0.4, 0.5) is 5.69 Å². The fourth-order valence-electron chi connectivity index (χ4n) is 1.07. The molecule has 3 heteroatoms. The van der Waals surface area contributed by atoms with E-state index in [-0.39, 0.29) is 5.97 Å². The zero-order valence-corrected chi connectivity index (χ0v) is 7.62. The van der Waals surface area contributed by atoms with Crippen molar-refractivity contribution >= 4 is 11.7 Å². The van der Waals surface area contributed by atoms with E-state index in [0.717, 1.165) is 11.3 Å². The topological polar surface area (TPSA) is 52.3 Å². The lowest BCUT2D eigenvalue weighted by molar-refractivity contribution is -0.140. The Morgan fingerprint density at radius 1 is 1.46 bits per heavy atom. The minimum atomic E-state index is -0.255. The molecule has 0 amide bonds. The third kappa shape index (κ3) is 3.15. The van der Waals surface area contributed by atoms with Crippen molar-refractivity contribution in [1.29, 1.82) is 0 Å². The molecule has 2 N–H and O–H groups in total. The molecule has 0 heterocycles. The number of nitrogen functional groups attached to an aromatic ring is 1. The molecule has 1 aromatic carbocycles. The molecule has 0 aliphatic rings. The Labute approximate surface area is 77.5 Å². The van der Waals surface area contributed by atoms with E-state index >= 15 is 0 Å². The monoisotopic (exact) mass is 179 g/mol. The van der Waals surface area contributed by atoms with Gasteiger partial charge in [0.05, 0.1) is 6.61 Å². The quantitative estimate of drug-likeness (QED) is 0.563. The highest BCUT2D eigenvalue weighted by molar-refractivity contribution is 5.65. The molecule has 0 saturated heterocycles. The first-order valence-corrected chi connectivity index (χ1v) is 4.17. The third-order valence-corrected chi connectivity index (χ3v) is 1.73. The lowest BCUT2D eigenvalue weighted by atomic mass is 10.1. The van der Waals surface area contributed by atoms with Crippen LogP contribution in [0.1, 0.15) is 12.5 Å². The van der Waals surface area contributed by atoms with Crippen LogP contribution in [-0.2, 0) is 16.0 Å². The molecule has 0 aliphatic carbocycles. The minimum Gasteiger partial charge on any atom is -0.466 e. The first-order chi connectivity index (χ1) is 6.20. The maximum atomic E-state index is 10.5. The van der Waals surface area contributed by atoms with Gasteiger partial charge in [0.15, 0.2) is 0 Å². The second-order valence-electron chi connectivity index (χ2n) is 2.79. The van der Waals surface area contributed by atoms with Crippen molar-refractivity contribution in [3.8, 4) is 0 Å². The molecule has 0 saturated carbocycles. The predicted molar refractivity (Wildman–Crippen MR) is 51.2 cm³/mol. The predicted octanol–water partition coefficient (Wildman–Crippen LogP) is 1.37. The molecule has 1 rings (SSSR count). The smallest absolute Gasteiger partial charge is 0.302 e. The van der Waals surface area contributed by atoms with Gasteiger partial charge in [-0.25, -0.2) is 0 Å². The molecule has 0 aromatic heterocycles. The molecule has 0 atom stereocenters. The molecule has 1 aromatic rings. The van der Waals surface area contributed by atoms with Gasteiger partial charge in [-0.1, -0.05) is 18.2 Å². The lowest BCUT2D eigenvalue weighted by Crippen LogP contribution is -2.04. The van der Waals surface area contributed by atoms with Crippen molar-refractivity contribution in [3.05, 3.63) is 29.8 Å². The number of carbonyl (C=O) groups is 1. The fourth-order valence-corrected chi connectivity index (χ4v) is 1.07. The molecule has 0 aliphatic heterocycles. The average Bonchev–Trinajstić information content (AvgIpc) is 2.08. The van der Waals surface area contributed by atoms with Crippen molar-refractivity contribution in [1.82, 2.24) is 0 Å². The second-order valence-corrected chi connectivity index (χ2v) is 2.79. The third-order valence-electron chi connectivity index (χ3n) is 1.73. The van der Waals surface area contributed by atoms with Gasteiger partial charge in [0.25, 0.3) is 0 Å². The number of hydrogen-bond donors (Lipinski definition) is 1. The molecule has 0 fully saturated rings. The van der Waals surface area contributed by atoms with E-state index in [2.05, 4.69) is 0 Å². The molecule has 70 valence electrons. The Morgan fingerprint density at radius 3 is 2.77 bits per heavy atom. The van der Waals surface area contributed by atoms with Crippen LogP contribution in [0.2, 0.25) is 0 Å². The van der Waals surface area contributed by atoms with Crippen LogP contribution >= 0.6 is 0 Å². The molecular formula is C10H13NO2. The van der Waals surface area contributed by atoms with Gasteiger partial charge < -0.3 is 10.5 Å². The van der Waals surface area contributed by atoms with Crippen molar-refractivity contribution in [2.45, 2.75) is 13.3 Å². The maximum Gasteiger partial charge on any atom is 0.302 e. The highest BCUT2D eigenvalue weighted by Crippen LogP contribution is 2.10. The van der Waals surface area contributed by atoms with Gasteiger partial charge in [0.1, 0.15) is 0 Å². The van der Waals surface area contributed by atoms with Gasteiger partial charge >= 0.3 is 5.97 Å². The summed E-state index contributed by atoms with van der Waals surface area (Å²) < 4.78 is 4.81. The van der Waals surface area contributed by atoms with Gasteiger partial charge in [-0.3, -0.25) is 4.79 Å². The highest BCUT2D eigenvalue weighted by Gasteiger charge is 1.98. The van der Waals surface area contributed by atoms with Crippen LogP contribution in [0.3, 0.4) is 0 Å². The summed E-state index contributed by atoms with van der Waals surface area (Å²) in [7, 11) is 0.